The predicted octanol–water partition coefficient (Wildman–Crippen LogP) is 4.49. The summed E-state index contributed by atoms with van der Waals surface area (Å²) < 4.78 is 0. The fourth-order valence-corrected chi connectivity index (χ4v) is 5.63. The van der Waals surface area contributed by atoms with Gasteiger partial charge in [0.1, 0.15) is 11.5 Å². The van der Waals surface area contributed by atoms with Crippen LogP contribution < -0.4 is 4.90 Å². The van der Waals surface area contributed by atoms with Crippen molar-refractivity contribution in [3.63, 3.8) is 0 Å². The summed E-state index contributed by atoms with van der Waals surface area (Å²) in [5.74, 6) is 2.72. The lowest BCUT2D eigenvalue weighted by Gasteiger charge is -2.35. The molecule has 1 unspecified atom stereocenters. The molecule has 0 aromatic carbocycles. The molecule has 6 nitrogen and oxygen atoms in total. The lowest BCUT2D eigenvalue weighted by molar-refractivity contribution is 0.0723. The maximum absolute atomic E-state index is 13.1. The first kappa shape index (κ1) is 20.4. The van der Waals surface area contributed by atoms with E-state index in [-0.39, 0.29) is 11.9 Å². The minimum absolute atomic E-state index is 0.0128. The molecule has 2 aromatic rings. The molecule has 0 radical (unpaired) electrons. The summed E-state index contributed by atoms with van der Waals surface area (Å²) in [6.45, 7) is 5.06. The first-order valence-corrected chi connectivity index (χ1v) is 12.0. The highest BCUT2D eigenvalue weighted by Crippen LogP contribution is 2.36. The quantitative estimate of drug-likeness (QED) is 0.731. The van der Waals surface area contributed by atoms with Crippen LogP contribution in [0.25, 0.3) is 0 Å². The van der Waals surface area contributed by atoms with Crippen LogP contribution in [0.1, 0.15) is 85.0 Å². The van der Waals surface area contributed by atoms with E-state index < -0.39 is 0 Å². The average Bonchev–Trinajstić information content (AvgIpc) is 3.30. The molecule has 2 fully saturated rings. The molecule has 1 saturated heterocycles. The third kappa shape index (κ3) is 4.17. The number of carbonyl (C=O) groups is 1. The molecule has 0 N–H and O–H groups in total. The number of amides is 1. The molecule has 164 valence electrons. The maximum Gasteiger partial charge on any atom is 0.273 e. The van der Waals surface area contributed by atoms with Gasteiger partial charge < -0.3 is 9.80 Å². The first-order chi connectivity index (χ1) is 15.2. The summed E-state index contributed by atoms with van der Waals surface area (Å²) >= 11 is 0. The number of carbonyl (C=O) groups excluding carboxylic acids is 1. The fourth-order valence-electron chi connectivity index (χ4n) is 5.63. The third-order valence-electron chi connectivity index (χ3n) is 7.26. The zero-order valence-electron chi connectivity index (χ0n) is 18.6. The van der Waals surface area contributed by atoms with Gasteiger partial charge in [0.15, 0.2) is 5.82 Å². The summed E-state index contributed by atoms with van der Waals surface area (Å²) in [6.07, 6.45) is 12.6. The van der Waals surface area contributed by atoms with Crippen molar-refractivity contribution in [2.45, 2.75) is 70.8 Å². The van der Waals surface area contributed by atoms with Crippen LogP contribution >= 0.6 is 0 Å². The molecule has 4 heterocycles. The summed E-state index contributed by atoms with van der Waals surface area (Å²) in [7, 11) is 0. The van der Waals surface area contributed by atoms with Crippen molar-refractivity contribution >= 4 is 11.7 Å². The maximum atomic E-state index is 13.1. The van der Waals surface area contributed by atoms with Crippen molar-refractivity contribution in [3.8, 4) is 0 Å². The van der Waals surface area contributed by atoms with E-state index in [1.807, 2.05) is 17.0 Å². The number of hydrogen-bond acceptors (Lipinski definition) is 5. The zero-order chi connectivity index (χ0) is 21.2. The van der Waals surface area contributed by atoms with Gasteiger partial charge in [0.25, 0.3) is 5.91 Å². The Labute approximate surface area is 185 Å². The number of hydrogen-bond donors (Lipinski definition) is 0. The van der Waals surface area contributed by atoms with Gasteiger partial charge in [-0.25, -0.2) is 9.97 Å². The zero-order valence-corrected chi connectivity index (χ0v) is 18.6. The molecule has 5 rings (SSSR count). The Morgan fingerprint density at radius 3 is 2.71 bits per heavy atom. The molecule has 2 aromatic heterocycles. The van der Waals surface area contributed by atoms with E-state index >= 15 is 0 Å². The van der Waals surface area contributed by atoms with E-state index in [0.29, 0.717) is 5.69 Å². The molecule has 1 atom stereocenters. The Kier molecular flexibility index (Phi) is 5.88. The van der Waals surface area contributed by atoms with Crippen LogP contribution in [-0.4, -0.2) is 45.4 Å². The van der Waals surface area contributed by atoms with Crippen LogP contribution in [0.3, 0.4) is 0 Å². The topological polar surface area (TPSA) is 62.2 Å². The predicted molar refractivity (Wildman–Crippen MR) is 121 cm³/mol. The van der Waals surface area contributed by atoms with Crippen LogP contribution in [-0.2, 0) is 6.42 Å². The van der Waals surface area contributed by atoms with Crippen molar-refractivity contribution in [2.75, 3.05) is 24.5 Å². The van der Waals surface area contributed by atoms with Gasteiger partial charge in [-0.2, -0.15) is 0 Å². The second-order valence-electron chi connectivity index (χ2n) is 9.39. The van der Waals surface area contributed by atoms with Gasteiger partial charge in [-0.15, -0.1) is 0 Å². The standard InChI is InChI=1S/C25H33N5O/c1-18-20-11-7-15-29(17-19-9-3-2-4-10-19)24(20)28-23(27-18)22-13-8-16-30(22)25(31)21-12-5-6-14-26-21/h5-6,12,14,19,22H,2-4,7-11,13,15-17H2,1H3. The second kappa shape index (κ2) is 8.93. The smallest absolute Gasteiger partial charge is 0.273 e. The molecule has 6 heteroatoms. The Balaban J connectivity index is 1.42. The van der Waals surface area contributed by atoms with Crippen molar-refractivity contribution in [3.05, 3.63) is 47.2 Å². The van der Waals surface area contributed by atoms with E-state index in [2.05, 4.69) is 16.8 Å². The van der Waals surface area contributed by atoms with Crippen LogP contribution in [0, 0.1) is 12.8 Å². The highest BCUT2D eigenvalue weighted by Gasteiger charge is 2.35. The Hall–Kier alpha value is -2.50. The summed E-state index contributed by atoms with van der Waals surface area (Å²) in [6, 6.07) is 5.45. The Morgan fingerprint density at radius 2 is 1.90 bits per heavy atom. The van der Waals surface area contributed by atoms with Gasteiger partial charge in [0.05, 0.1) is 6.04 Å². The van der Waals surface area contributed by atoms with Crippen molar-refractivity contribution in [1.29, 1.82) is 0 Å². The van der Waals surface area contributed by atoms with Gasteiger partial charge in [0, 0.05) is 37.1 Å². The normalized spacial score (nSPS) is 21.9. The average molecular weight is 420 g/mol. The second-order valence-corrected chi connectivity index (χ2v) is 9.39. The number of fused-ring (bicyclic) bond motifs is 1. The van der Waals surface area contributed by atoms with E-state index in [0.717, 1.165) is 62.2 Å². The molecule has 3 aliphatic rings. The van der Waals surface area contributed by atoms with Crippen LogP contribution in [0.2, 0.25) is 0 Å². The molecular formula is C25H33N5O. The number of rotatable bonds is 4. The molecule has 1 saturated carbocycles. The van der Waals surface area contributed by atoms with Crippen LogP contribution in [0.15, 0.2) is 24.4 Å². The number of anilines is 1. The van der Waals surface area contributed by atoms with Crippen molar-refractivity contribution in [1.82, 2.24) is 19.9 Å². The van der Waals surface area contributed by atoms with Gasteiger partial charge >= 0.3 is 0 Å². The highest BCUT2D eigenvalue weighted by molar-refractivity contribution is 5.92. The monoisotopic (exact) mass is 419 g/mol. The number of likely N-dealkylation sites (tertiary alicyclic amines) is 1. The van der Waals surface area contributed by atoms with Gasteiger partial charge in [-0.1, -0.05) is 25.3 Å². The number of aryl methyl sites for hydroxylation is 1. The third-order valence-corrected chi connectivity index (χ3v) is 7.26. The van der Waals surface area contributed by atoms with Crippen LogP contribution in [0.5, 0.6) is 0 Å². The molecule has 1 amide bonds. The molecule has 1 aliphatic carbocycles. The summed E-state index contributed by atoms with van der Waals surface area (Å²) in [5.41, 5.74) is 2.90. The largest absolute Gasteiger partial charge is 0.356 e. The first-order valence-electron chi connectivity index (χ1n) is 12.0. The Morgan fingerprint density at radius 1 is 1.03 bits per heavy atom. The van der Waals surface area contributed by atoms with E-state index in [9.17, 15) is 4.79 Å². The fraction of sp³-hybridized carbons (Fsp3) is 0.600. The molecule has 0 bridgehead atoms. The number of nitrogens with zero attached hydrogens (tertiary/aromatic N) is 5. The summed E-state index contributed by atoms with van der Waals surface area (Å²) in [5, 5.41) is 0. The molecular weight excluding hydrogens is 386 g/mol. The molecule has 0 spiro atoms. The van der Waals surface area contributed by atoms with Gasteiger partial charge in [0.2, 0.25) is 0 Å². The van der Waals surface area contributed by atoms with E-state index in [1.54, 1.807) is 12.3 Å². The lowest BCUT2D eigenvalue weighted by atomic mass is 9.88. The Bertz CT molecular complexity index is 925. The van der Waals surface area contributed by atoms with Crippen LogP contribution in [0.4, 0.5) is 5.82 Å². The highest BCUT2D eigenvalue weighted by atomic mass is 16.2. The van der Waals surface area contributed by atoms with E-state index in [1.165, 1.54) is 44.1 Å². The number of pyridine rings is 1. The number of aromatic nitrogens is 3. The molecule has 31 heavy (non-hydrogen) atoms. The van der Waals surface area contributed by atoms with Crippen molar-refractivity contribution in [2.24, 2.45) is 5.92 Å². The molecule has 2 aliphatic heterocycles. The minimum atomic E-state index is -0.0584. The van der Waals surface area contributed by atoms with Crippen molar-refractivity contribution < 1.29 is 4.79 Å². The SMILES string of the molecule is Cc1nc(C2CCCN2C(=O)c2ccccn2)nc2c1CCCN2CC1CCCCC1. The summed E-state index contributed by atoms with van der Waals surface area (Å²) in [4.78, 5) is 31.9. The minimum Gasteiger partial charge on any atom is -0.356 e. The lowest BCUT2D eigenvalue weighted by Crippen LogP contribution is -2.37. The van der Waals surface area contributed by atoms with E-state index in [4.69, 9.17) is 9.97 Å². The van der Waals surface area contributed by atoms with Gasteiger partial charge in [-0.3, -0.25) is 9.78 Å². The van der Waals surface area contributed by atoms with Gasteiger partial charge in [-0.05, 0) is 63.5 Å².